The van der Waals surface area contributed by atoms with Crippen LogP contribution < -0.4 is 10.5 Å². The van der Waals surface area contributed by atoms with Gasteiger partial charge in [0.25, 0.3) is 5.91 Å². The standard InChI is InChI=1S/C18H23NO3/c1-21-18-8-11-6-12(9-18)16(13(7-11)10-18)22-15-5-3-2-4-14(15)17(19)20/h2-5,11-13,16H,6-10H2,1H3,(H2,19,20). The highest BCUT2D eigenvalue weighted by molar-refractivity contribution is 5.95. The first kappa shape index (κ1) is 14.1. The van der Waals surface area contributed by atoms with Crippen molar-refractivity contribution in [2.45, 2.75) is 43.8 Å². The minimum atomic E-state index is -0.423. The van der Waals surface area contributed by atoms with Gasteiger partial charge in [-0.1, -0.05) is 12.1 Å². The third-order valence-corrected chi connectivity index (χ3v) is 5.98. The Morgan fingerprint density at radius 3 is 2.50 bits per heavy atom. The van der Waals surface area contributed by atoms with Gasteiger partial charge in [0.15, 0.2) is 0 Å². The molecule has 4 fully saturated rings. The molecule has 4 nitrogen and oxygen atoms in total. The third-order valence-electron chi connectivity index (χ3n) is 5.98. The molecule has 22 heavy (non-hydrogen) atoms. The molecular formula is C18H23NO3. The second-order valence-corrected chi connectivity index (χ2v) is 7.30. The van der Waals surface area contributed by atoms with E-state index < -0.39 is 5.91 Å². The number of nitrogens with two attached hydrogens (primary N) is 1. The van der Waals surface area contributed by atoms with Gasteiger partial charge in [-0.15, -0.1) is 0 Å². The Kier molecular flexibility index (Phi) is 3.19. The van der Waals surface area contributed by atoms with E-state index in [2.05, 4.69) is 0 Å². The van der Waals surface area contributed by atoms with E-state index in [0.29, 0.717) is 23.1 Å². The molecule has 2 N–H and O–H groups in total. The van der Waals surface area contributed by atoms with E-state index in [1.54, 1.807) is 6.07 Å². The van der Waals surface area contributed by atoms with Crippen LogP contribution >= 0.6 is 0 Å². The number of hydrogen-bond acceptors (Lipinski definition) is 3. The Balaban J connectivity index is 1.59. The van der Waals surface area contributed by atoms with Crippen LogP contribution in [-0.4, -0.2) is 24.7 Å². The lowest BCUT2D eigenvalue weighted by atomic mass is 9.53. The summed E-state index contributed by atoms with van der Waals surface area (Å²) in [6, 6.07) is 7.32. The number of para-hydroxylation sites is 1. The van der Waals surface area contributed by atoms with E-state index in [4.69, 9.17) is 15.2 Å². The van der Waals surface area contributed by atoms with Crippen molar-refractivity contribution >= 4 is 5.91 Å². The SMILES string of the molecule is COC12CC3CC(C1)C(Oc1ccccc1C(N)=O)C(C3)C2. The molecule has 1 aromatic rings. The van der Waals surface area contributed by atoms with Crippen LogP contribution in [0.5, 0.6) is 5.75 Å². The van der Waals surface area contributed by atoms with E-state index in [0.717, 1.165) is 18.8 Å². The number of carbonyl (C=O) groups is 1. The van der Waals surface area contributed by atoms with Crippen LogP contribution in [0.3, 0.4) is 0 Å². The van der Waals surface area contributed by atoms with Crippen molar-refractivity contribution in [2.75, 3.05) is 7.11 Å². The fraction of sp³-hybridized carbons (Fsp3) is 0.611. The van der Waals surface area contributed by atoms with E-state index in [1.807, 2.05) is 25.3 Å². The maximum Gasteiger partial charge on any atom is 0.252 e. The number of amides is 1. The average Bonchev–Trinajstić information content (AvgIpc) is 2.50. The van der Waals surface area contributed by atoms with Gasteiger partial charge in [-0.05, 0) is 62.0 Å². The number of primary amides is 1. The zero-order valence-corrected chi connectivity index (χ0v) is 13.0. The van der Waals surface area contributed by atoms with Crippen LogP contribution in [0.2, 0.25) is 0 Å². The zero-order chi connectivity index (χ0) is 15.3. The Bertz CT molecular complexity index is 584. The molecule has 0 aliphatic heterocycles. The quantitative estimate of drug-likeness (QED) is 0.930. The largest absolute Gasteiger partial charge is 0.489 e. The molecule has 0 radical (unpaired) electrons. The van der Waals surface area contributed by atoms with Crippen molar-refractivity contribution in [2.24, 2.45) is 23.5 Å². The molecule has 0 heterocycles. The minimum absolute atomic E-state index is 0.0829. The van der Waals surface area contributed by atoms with Gasteiger partial charge in [-0.25, -0.2) is 0 Å². The molecule has 118 valence electrons. The Morgan fingerprint density at radius 2 is 1.86 bits per heavy atom. The van der Waals surface area contributed by atoms with Crippen molar-refractivity contribution in [1.29, 1.82) is 0 Å². The van der Waals surface area contributed by atoms with Crippen LogP contribution in [0, 0.1) is 17.8 Å². The van der Waals surface area contributed by atoms with Crippen molar-refractivity contribution in [1.82, 2.24) is 0 Å². The fourth-order valence-corrected chi connectivity index (χ4v) is 5.27. The summed E-state index contributed by atoms with van der Waals surface area (Å²) < 4.78 is 12.2. The molecule has 4 bridgehead atoms. The average molecular weight is 301 g/mol. The van der Waals surface area contributed by atoms with Gasteiger partial charge in [0.05, 0.1) is 11.2 Å². The molecule has 0 spiro atoms. The van der Waals surface area contributed by atoms with Crippen molar-refractivity contribution in [3.8, 4) is 5.75 Å². The van der Waals surface area contributed by atoms with Gasteiger partial charge in [0, 0.05) is 7.11 Å². The molecule has 2 atom stereocenters. The number of carbonyl (C=O) groups excluding carboxylic acids is 1. The molecule has 4 saturated carbocycles. The van der Waals surface area contributed by atoms with E-state index in [1.165, 1.54) is 19.3 Å². The summed E-state index contributed by atoms with van der Waals surface area (Å²) in [5.74, 6) is 2.06. The summed E-state index contributed by atoms with van der Waals surface area (Å²) in [6.07, 6.45) is 6.03. The molecule has 4 heteroatoms. The van der Waals surface area contributed by atoms with Crippen LogP contribution in [0.1, 0.15) is 42.5 Å². The first-order chi connectivity index (χ1) is 10.6. The first-order valence-corrected chi connectivity index (χ1v) is 8.21. The molecular weight excluding hydrogens is 278 g/mol. The molecule has 0 aromatic heterocycles. The Labute approximate surface area is 131 Å². The Morgan fingerprint density at radius 1 is 1.18 bits per heavy atom. The van der Waals surface area contributed by atoms with Gasteiger partial charge in [-0.2, -0.15) is 0 Å². The summed E-state index contributed by atoms with van der Waals surface area (Å²) >= 11 is 0. The van der Waals surface area contributed by atoms with E-state index in [9.17, 15) is 4.79 Å². The minimum Gasteiger partial charge on any atom is -0.489 e. The van der Waals surface area contributed by atoms with Gasteiger partial charge < -0.3 is 15.2 Å². The first-order valence-electron chi connectivity index (χ1n) is 8.21. The number of benzene rings is 1. The maximum atomic E-state index is 11.6. The normalized spacial score (nSPS) is 39.0. The molecule has 1 aromatic carbocycles. The summed E-state index contributed by atoms with van der Waals surface area (Å²) in [4.78, 5) is 11.6. The summed E-state index contributed by atoms with van der Waals surface area (Å²) in [5, 5.41) is 0. The Hall–Kier alpha value is -1.55. The molecule has 4 aliphatic rings. The lowest BCUT2D eigenvalue weighted by Gasteiger charge is -2.58. The molecule has 5 rings (SSSR count). The number of rotatable bonds is 4. The highest BCUT2D eigenvalue weighted by Crippen LogP contribution is 2.57. The summed E-state index contributed by atoms with van der Waals surface area (Å²) in [6.45, 7) is 0. The zero-order valence-electron chi connectivity index (χ0n) is 13.0. The fourth-order valence-electron chi connectivity index (χ4n) is 5.27. The number of ether oxygens (including phenoxy) is 2. The number of hydrogen-bond donors (Lipinski definition) is 1. The van der Waals surface area contributed by atoms with Crippen LogP contribution in [0.15, 0.2) is 24.3 Å². The maximum absolute atomic E-state index is 11.6. The van der Waals surface area contributed by atoms with Gasteiger partial charge >= 0.3 is 0 Å². The van der Waals surface area contributed by atoms with Gasteiger partial charge in [-0.3, -0.25) is 4.79 Å². The highest BCUT2D eigenvalue weighted by Gasteiger charge is 2.56. The number of methoxy groups -OCH3 is 1. The smallest absolute Gasteiger partial charge is 0.252 e. The van der Waals surface area contributed by atoms with Crippen molar-refractivity contribution in [3.05, 3.63) is 29.8 Å². The molecule has 2 unspecified atom stereocenters. The highest BCUT2D eigenvalue weighted by atomic mass is 16.5. The monoisotopic (exact) mass is 301 g/mol. The van der Waals surface area contributed by atoms with Crippen LogP contribution in [0.25, 0.3) is 0 Å². The summed E-state index contributed by atoms with van der Waals surface area (Å²) in [5.41, 5.74) is 6.04. The predicted molar refractivity (Wildman–Crippen MR) is 82.7 cm³/mol. The van der Waals surface area contributed by atoms with Gasteiger partial charge in [0.1, 0.15) is 11.9 Å². The lowest BCUT2D eigenvalue weighted by molar-refractivity contribution is -0.182. The second-order valence-electron chi connectivity index (χ2n) is 7.30. The van der Waals surface area contributed by atoms with Crippen LogP contribution in [-0.2, 0) is 4.74 Å². The van der Waals surface area contributed by atoms with Gasteiger partial charge in [0.2, 0.25) is 0 Å². The van der Waals surface area contributed by atoms with E-state index in [-0.39, 0.29) is 11.7 Å². The van der Waals surface area contributed by atoms with Crippen molar-refractivity contribution < 1.29 is 14.3 Å². The third kappa shape index (κ3) is 2.12. The molecule has 0 saturated heterocycles. The lowest BCUT2D eigenvalue weighted by Crippen LogP contribution is -2.59. The van der Waals surface area contributed by atoms with Crippen molar-refractivity contribution in [3.63, 3.8) is 0 Å². The predicted octanol–water partition coefficient (Wildman–Crippen LogP) is 2.76. The topological polar surface area (TPSA) is 61.6 Å². The molecule has 1 amide bonds. The molecule has 4 aliphatic carbocycles. The summed E-state index contributed by atoms with van der Waals surface area (Å²) in [7, 11) is 1.85. The van der Waals surface area contributed by atoms with Crippen LogP contribution in [0.4, 0.5) is 0 Å². The van der Waals surface area contributed by atoms with E-state index >= 15 is 0 Å². The second kappa shape index (κ2) is 4.98.